The number of amides is 1. The third-order valence-corrected chi connectivity index (χ3v) is 3.40. The molecule has 0 atom stereocenters. The topological polar surface area (TPSA) is 70.8 Å². The quantitative estimate of drug-likeness (QED) is 0.812. The van der Waals surface area contributed by atoms with Gasteiger partial charge in [0, 0.05) is 13.0 Å². The maximum atomic E-state index is 12.2. The van der Waals surface area contributed by atoms with Crippen LogP contribution in [0.5, 0.6) is 0 Å². The van der Waals surface area contributed by atoms with E-state index in [1.165, 1.54) is 4.90 Å². The summed E-state index contributed by atoms with van der Waals surface area (Å²) in [4.78, 5) is 24.6. The second-order valence-electron chi connectivity index (χ2n) is 5.08. The Kier molecular flexibility index (Phi) is 5.77. The van der Waals surface area contributed by atoms with Crippen LogP contribution in [0, 0.1) is 0 Å². The average Bonchev–Trinajstić information content (AvgIpc) is 3.03. The second kappa shape index (κ2) is 8.02. The van der Waals surface area contributed by atoms with Crippen LogP contribution in [-0.2, 0) is 22.4 Å². The van der Waals surface area contributed by atoms with Gasteiger partial charge in [0.1, 0.15) is 6.54 Å². The van der Waals surface area contributed by atoms with Crippen LogP contribution in [0.25, 0.3) is 0 Å². The summed E-state index contributed by atoms with van der Waals surface area (Å²) in [5.41, 5.74) is 2.02. The Morgan fingerprint density at radius 1 is 1.05 bits per heavy atom. The van der Waals surface area contributed by atoms with Gasteiger partial charge in [0.05, 0.1) is 12.5 Å². The maximum absolute atomic E-state index is 12.2. The molecule has 2 aromatic rings. The molecule has 5 nitrogen and oxygen atoms in total. The van der Waals surface area contributed by atoms with Gasteiger partial charge in [0.2, 0.25) is 5.91 Å². The highest BCUT2D eigenvalue weighted by molar-refractivity contribution is 5.81. The van der Waals surface area contributed by atoms with Crippen LogP contribution >= 0.6 is 0 Å². The fourth-order valence-corrected chi connectivity index (χ4v) is 2.21. The molecule has 0 aliphatic heterocycles. The molecule has 22 heavy (non-hydrogen) atoms. The molecule has 5 heteroatoms. The van der Waals surface area contributed by atoms with E-state index in [9.17, 15) is 9.59 Å². The lowest BCUT2D eigenvalue weighted by atomic mass is 10.1. The minimum Gasteiger partial charge on any atom is -0.480 e. The number of carbonyl (C=O) groups excluding carboxylic acids is 1. The molecule has 1 N–H and O–H groups in total. The first-order valence-corrected chi connectivity index (χ1v) is 7.19. The summed E-state index contributed by atoms with van der Waals surface area (Å²) in [6.45, 7) is 0.136. The number of aryl methyl sites for hydroxylation is 1. The molecule has 1 aromatic carbocycles. The highest BCUT2D eigenvalue weighted by atomic mass is 16.4. The van der Waals surface area contributed by atoms with Crippen LogP contribution in [0.3, 0.4) is 0 Å². The molecule has 0 saturated carbocycles. The van der Waals surface area contributed by atoms with Crippen LogP contribution in [-0.4, -0.2) is 35.0 Å². The summed E-state index contributed by atoms with van der Waals surface area (Å²) in [5.74, 6) is -1.15. The van der Waals surface area contributed by atoms with E-state index in [0.29, 0.717) is 19.4 Å². The molecule has 0 radical (unpaired) electrons. The third kappa shape index (κ3) is 5.09. The lowest BCUT2D eigenvalue weighted by molar-refractivity contribution is -0.144. The zero-order chi connectivity index (χ0) is 15.8. The Hall–Kier alpha value is -2.56. The van der Waals surface area contributed by atoms with Gasteiger partial charge in [-0.2, -0.15) is 0 Å². The third-order valence-electron chi connectivity index (χ3n) is 3.40. The number of carboxylic acids is 1. The van der Waals surface area contributed by atoms with E-state index in [-0.39, 0.29) is 18.9 Å². The second-order valence-corrected chi connectivity index (χ2v) is 5.08. The number of nitrogens with zero attached hydrogens (tertiary/aromatic N) is 1. The number of carbonyl (C=O) groups is 2. The van der Waals surface area contributed by atoms with Gasteiger partial charge in [-0.05, 0) is 30.0 Å². The lowest BCUT2D eigenvalue weighted by Gasteiger charge is -2.20. The van der Waals surface area contributed by atoms with Crippen molar-refractivity contribution in [1.29, 1.82) is 0 Å². The zero-order valence-electron chi connectivity index (χ0n) is 12.3. The summed E-state index contributed by atoms with van der Waals surface area (Å²) in [6.07, 6.45) is 4.63. The molecule has 1 heterocycles. The number of rotatable bonds is 8. The molecule has 0 saturated heterocycles. The summed E-state index contributed by atoms with van der Waals surface area (Å²) < 4.78 is 4.96. The molecule has 0 aliphatic rings. The predicted octanol–water partition coefficient (Wildman–Crippen LogP) is 2.37. The highest BCUT2D eigenvalue weighted by Gasteiger charge is 2.16. The molecule has 1 aromatic heterocycles. The average molecular weight is 301 g/mol. The first-order valence-electron chi connectivity index (χ1n) is 7.19. The Morgan fingerprint density at radius 2 is 1.82 bits per heavy atom. The first-order chi connectivity index (χ1) is 10.6. The molecule has 0 spiro atoms. The van der Waals surface area contributed by atoms with Crippen LogP contribution < -0.4 is 0 Å². The van der Waals surface area contributed by atoms with Crippen LogP contribution in [0.1, 0.15) is 17.5 Å². The molecule has 1 amide bonds. The zero-order valence-corrected chi connectivity index (χ0v) is 12.3. The Morgan fingerprint density at radius 3 is 2.45 bits per heavy atom. The van der Waals surface area contributed by atoms with Gasteiger partial charge >= 0.3 is 5.97 Å². The van der Waals surface area contributed by atoms with Crippen molar-refractivity contribution in [3.05, 3.63) is 60.1 Å². The Bertz CT molecular complexity index is 592. The minimum absolute atomic E-state index is 0.153. The van der Waals surface area contributed by atoms with Gasteiger partial charge in [0.25, 0.3) is 0 Å². The SMILES string of the molecule is O=C(O)CN(CCc1ccccc1)C(=O)CCc1ccoc1. The standard InChI is InChI=1S/C17H19NO4/c19-16(7-6-15-9-11-22-13-15)18(12-17(20)21)10-8-14-4-2-1-3-5-14/h1-5,9,11,13H,6-8,10,12H2,(H,20,21). The number of benzene rings is 1. The van der Waals surface area contributed by atoms with E-state index in [4.69, 9.17) is 9.52 Å². The van der Waals surface area contributed by atoms with E-state index < -0.39 is 5.97 Å². The predicted molar refractivity (Wildman–Crippen MR) is 81.4 cm³/mol. The number of furan rings is 1. The van der Waals surface area contributed by atoms with Crippen molar-refractivity contribution in [3.8, 4) is 0 Å². The van der Waals surface area contributed by atoms with Gasteiger partial charge in [-0.15, -0.1) is 0 Å². The Labute approximate surface area is 129 Å². The molecular weight excluding hydrogens is 282 g/mol. The normalized spacial score (nSPS) is 10.4. The summed E-state index contributed by atoms with van der Waals surface area (Å²) >= 11 is 0. The van der Waals surface area contributed by atoms with Crippen molar-refractivity contribution in [2.75, 3.05) is 13.1 Å². The van der Waals surface area contributed by atoms with Gasteiger partial charge in [-0.25, -0.2) is 0 Å². The van der Waals surface area contributed by atoms with Crippen molar-refractivity contribution in [2.45, 2.75) is 19.3 Å². The van der Waals surface area contributed by atoms with Crippen LogP contribution in [0.4, 0.5) is 0 Å². The summed E-state index contributed by atoms with van der Waals surface area (Å²) in [7, 11) is 0. The first kappa shape index (κ1) is 15.8. The summed E-state index contributed by atoms with van der Waals surface area (Å²) in [6, 6.07) is 11.5. The van der Waals surface area contributed by atoms with Gasteiger partial charge in [-0.1, -0.05) is 30.3 Å². The molecule has 0 unspecified atom stereocenters. The van der Waals surface area contributed by atoms with Gasteiger partial charge in [0.15, 0.2) is 0 Å². The van der Waals surface area contributed by atoms with Crippen LogP contribution in [0.2, 0.25) is 0 Å². The van der Waals surface area contributed by atoms with E-state index >= 15 is 0 Å². The Balaban J connectivity index is 1.89. The monoisotopic (exact) mass is 301 g/mol. The highest BCUT2D eigenvalue weighted by Crippen LogP contribution is 2.07. The molecule has 2 rings (SSSR count). The van der Waals surface area contributed by atoms with E-state index in [0.717, 1.165) is 11.1 Å². The smallest absolute Gasteiger partial charge is 0.323 e. The number of hydrogen-bond donors (Lipinski definition) is 1. The maximum Gasteiger partial charge on any atom is 0.323 e. The molecule has 116 valence electrons. The fraction of sp³-hybridized carbons (Fsp3) is 0.294. The van der Waals surface area contributed by atoms with E-state index in [2.05, 4.69) is 0 Å². The van der Waals surface area contributed by atoms with E-state index in [1.807, 2.05) is 30.3 Å². The number of aliphatic carboxylic acids is 1. The van der Waals surface area contributed by atoms with Crippen molar-refractivity contribution in [3.63, 3.8) is 0 Å². The van der Waals surface area contributed by atoms with E-state index in [1.54, 1.807) is 18.6 Å². The van der Waals surface area contributed by atoms with Gasteiger partial charge in [-0.3, -0.25) is 9.59 Å². The molecular formula is C17H19NO4. The number of carboxylic acid groups (broad SMARTS) is 1. The minimum atomic E-state index is -0.996. The largest absolute Gasteiger partial charge is 0.480 e. The van der Waals surface area contributed by atoms with Crippen molar-refractivity contribution in [1.82, 2.24) is 4.90 Å². The fourth-order valence-electron chi connectivity index (χ4n) is 2.21. The van der Waals surface area contributed by atoms with Crippen molar-refractivity contribution >= 4 is 11.9 Å². The van der Waals surface area contributed by atoms with Gasteiger partial charge < -0.3 is 14.4 Å². The molecule has 0 aliphatic carbocycles. The number of hydrogen-bond acceptors (Lipinski definition) is 3. The molecule has 0 bridgehead atoms. The molecule has 0 fully saturated rings. The summed E-state index contributed by atoms with van der Waals surface area (Å²) in [5, 5.41) is 8.97. The van der Waals surface area contributed by atoms with Crippen molar-refractivity contribution in [2.24, 2.45) is 0 Å². The lowest BCUT2D eigenvalue weighted by Crippen LogP contribution is -2.37. The van der Waals surface area contributed by atoms with Crippen molar-refractivity contribution < 1.29 is 19.1 Å². The van der Waals surface area contributed by atoms with Crippen LogP contribution in [0.15, 0.2) is 53.3 Å².